The zero-order valence-corrected chi connectivity index (χ0v) is 20.1. The van der Waals surface area contributed by atoms with E-state index in [1.807, 2.05) is 13.8 Å². The number of rotatable bonds is 11. The Morgan fingerprint density at radius 2 is 1.56 bits per heavy atom. The fourth-order valence-electron chi connectivity index (χ4n) is 3.36. The minimum absolute atomic E-state index is 0.00484. The normalized spacial score (nSPS) is 15.8. The van der Waals surface area contributed by atoms with Crippen molar-refractivity contribution in [3.05, 3.63) is 60.6 Å². The molecule has 13 heteroatoms. The SMILES string of the molecule is CCC1(CC)OC=C([C@@H](CS(=O)(=O)c2ccc(Oc3ccc(OC(F)(F)F)cc3)cc2)N(O)C=O)O1. The Hall–Kier alpha value is -3.45. The average Bonchev–Trinajstić information content (AvgIpc) is 3.28. The second kappa shape index (κ2) is 10.7. The van der Waals surface area contributed by atoms with Crippen LogP contribution < -0.4 is 9.47 Å². The standard InChI is InChI=1S/C23H24F3NO8S/c1-3-22(4-2)32-13-21(35-22)20(27(29)15-28)14-36(30,31)19-11-9-17(10-12-19)33-16-5-7-18(8-6-16)34-23(24,25)26/h5-13,15,20,29H,3-4,14H2,1-2H3/t20-/m1/s1. The quantitative estimate of drug-likeness (QED) is 0.251. The Morgan fingerprint density at radius 1 is 1.03 bits per heavy atom. The van der Waals surface area contributed by atoms with Crippen LogP contribution in [-0.2, 0) is 24.1 Å². The molecule has 1 N–H and O–H groups in total. The molecule has 1 atom stereocenters. The molecule has 1 heterocycles. The van der Waals surface area contributed by atoms with Crippen molar-refractivity contribution < 1.29 is 50.5 Å². The molecule has 0 fully saturated rings. The minimum Gasteiger partial charge on any atom is -0.457 e. The molecule has 0 aromatic heterocycles. The highest BCUT2D eigenvalue weighted by atomic mass is 32.2. The van der Waals surface area contributed by atoms with Gasteiger partial charge in [-0.2, -0.15) is 0 Å². The molecule has 9 nitrogen and oxygen atoms in total. The van der Waals surface area contributed by atoms with E-state index in [2.05, 4.69) is 4.74 Å². The maximum absolute atomic E-state index is 13.0. The van der Waals surface area contributed by atoms with E-state index in [-0.39, 0.29) is 33.6 Å². The van der Waals surface area contributed by atoms with Gasteiger partial charge in [0.05, 0.1) is 10.6 Å². The van der Waals surface area contributed by atoms with Crippen molar-refractivity contribution in [2.45, 2.75) is 49.8 Å². The number of amides is 1. The Bertz CT molecular complexity index is 1180. The predicted octanol–water partition coefficient (Wildman–Crippen LogP) is 4.77. The second-order valence-electron chi connectivity index (χ2n) is 7.73. The van der Waals surface area contributed by atoms with Crippen molar-refractivity contribution in [1.82, 2.24) is 5.06 Å². The molecule has 2 aromatic carbocycles. The van der Waals surface area contributed by atoms with E-state index in [0.717, 1.165) is 12.1 Å². The number of hydroxylamine groups is 2. The molecule has 0 spiro atoms. The maximum atomic E-state index is 13.0. The Labute approximate surface area is 205 Å². The lowest BCUT2D eigenvalue weighted by atomic mass is 10.1. The molecule has 196 valence electrons. The van der Waals surface area contributed by atoms with Gasteiger partial charge >= 0.3 is 6.36 Å². The van der Waals surface area contributed by atoms with E-state index in [1.54, 1.807) is 0 Å². The lowest BCUT2D eigenvalue weighted by Crippen LogP contribution is -2.40. The number of hydrogen-bond donors (Lipinski definition) is 1. The van der Waals surface area contributed by atoms with Crippen molar-refractivity contribution in [3.63, 3.8) is 0 Å². The fraction of sp³-hybridized carbons (Fsp3) is 0.348. The van der Waals surface area contributed by atoms with Gasteiger partial charge in [0.25, 0.3) is 0 Å². The number of carbonyl (C=O) groups excluding carboxylic acids is 1. The zero-order chi connectivity index (χ0) is 26.6. The van der Waals surface area contributed by atoms with Gasteiger partial charge < -0.3 is 18.9 Å². The first-order valence-electron chi connectivity index (χ1n) is 10.8. The summed E-state index contributed by atoms with van der Waals surface area (Å²) in [5.41, 5.74) is 0. The summed E-state index contributed by atoms with van der Waals surface area (Å²) in [4.78, 5) is 11.1. The molecule has 1 aliphatic rings. The number of alkyl halides is 3. The monoisotopic (exact) mass is 531 g/mol. The maximum Gasteiger partial charge on any atom is 0.573 e. The number of ether oxygens (including phenoxy) is 4. The molecule has 0 bridgehead atoms. The first kappa shape index (κ1) is 27.1. The highest BCUT2D eigenvalue weighted by molar-refractivity contribution is 7.91. The van der Waals surface area contributed by atoms with Crippen LogP contribution >= 0.6 is 0 Å². The zero-order valence-electron chi connectivity index (χ0n) is 19.3. The molecule has 0 unspecified atom stereocenters. The van der Waals surface area contributed by atoms with Gasteiger partial charge in [-0.3, -0.25) is 10.0 Å². The van der Waals surface area contributed by atoms with E-state index in [0.29, 0.717) is 12.8 Å². The molecule has 3 rings (SSSR count). The molecule has 0 saturated carbocycles. The van der Waals surface area contributed by atoms with Crippen LogP contribution in [0.1, 0.15) is 26.7 Å². The van der Waals surface area contributed by atoms with Crippen molar-refractivity contribution in [2.75, 3.05) is 5.75 Å². The van der Waals surface area contributed by atoms with Gasteiger partial charge in [0.15, 0.2) is 15.6 Å². The first-order chi connectivity index (χ1) is 16.9. The van der Waals surface area contributed by atoms with Gasteiger partial charge in [-0.1, -0.05) is 13.8 Å². The van der Waals surface area contributed by atoms with E-state index in [9.17, 15) is 31.6 Å². The smallest absolute Gasteiger partial charge is 0.457 e. The number of carbonyl (C=O) groups is 1. The lowest BCUT2D eigenvalue weighted by Gasteiger charge is -2.28. The van der Waals surface area contributed by atoms with Gasteiger partial charge in [-0.15, -0.1) is 13.2 Å². The molecule has 2 aromatic rings. The van der Waals surface area contributed by atoms with Gasteiger partial charge in [-0.25, -0.2) is 13.5 Å². The average molecular weight is 532 g/mol. The molecular weight excluding hydrogens is 507 g/mol. The van der Waals surface area contributed by atoms with Crippen LogP contribution in [0.25, 0.3) is 0 Å². The van der Waals surface area contributed by atoms with Crippen LogP contribution in [0.2, 0.25) is 0 Å². The molecule has 1 amide bonds. The van der Waals surface area contributed by atoms with Crippen LogP contribution in [-0.4, -0.2) is 49.0 Å². The molecule has 1 aliphatic heterocycles. The Morgan fingerprint density at radius 3 is 2.03 bits per heavy atom. The highest BCUT2D eigenvalue weighted by Crippen LogP contribution is 2.35. The van der Waals surface area contributed by atoms with Crippen molar-refractivity contribution >= 4 is 16.2 Å². The summed E-state index contributed by atoms with van der Waals surface area (Å²) in [5.74, 6) is -1.70. The number of benzene rings is 2. The van der Waals surface area contributed by atoms with Crippen molar-refractivity contribution in [2.24, 2.45) is 0 Å². The summed E-state index contributed by atoms with van der Waals surface area (Å²) in [6.45, 7) is 3.63. The topological polar surface area (TPSA) is 112 Å². The van der Waals surface area contributed by atoms with E-state index in [1.165, 1.54) is 42.7 Å². The lowest BCUT2D eigenvalue weighted by molar-refractivity contribution is -0.274. The Balaban J connectivity index is 1.71. The number of sulfone groups is 1. The van der Waals surface area contributed by atoms with Gasteiger partial charge in [-0.05, 0) is 48.5 Å². The molecule has 0 saturated heterocycles. The van der Waals surface area contributed by atoms with Gasteiger partial charge in [0, 0.05) is 12.8 Å². The van der Waals surface area contributed by atoms with Crippen LogP contribution in [0.3, 0.4) is 0 Å². The van der Waals surface area contributed by atoms with Crippen molar-refractivity contribution in [1.29, 1.82) is 0 Å². The fourth-order valence-corrected chi connectivity index (χ4v) is 4.84. The molecule has 0 aliphatic carbocycles. The van der Waals surface area contributed by atoms with Crippen LogP contribution in [0.5, 0.6) is 17.2 Å². The third-order valence-corrected chi connectivity index (χ3v) is 7.12. The van der Waals surface area contributed by atoms with Crippen LogP contribution in [0, 0.1) is 0 Å². The van der Waals surface area contributed by atoms with E-state index < -0.39 is 39.5 Å². The number of nitrogens with zero attached hydrogens (tertiary/aromatic N) is 1. The summed E-state index contributed by atoms with van der Waals surface area (Å²) in [6.07, 6.45) is -2.64. The molecule has 0 radical (unpaired) electrons. The highest BCUT2D eigenvalue weighted by Gasteiger charge is 2.41. The summed E-state index contributed by atoms with van der Waals surface area (Å²) < 4.78 is 83.5. The third-order valence-electron chi connectivity index (χ3n) is 5.38. The van der Waals surface area contributed by atoms with Gasteiger partial charge in [0.2, 0.25) is 12.2 Å². The van der Waals surface area contributed by atoms with Crippen LogP contribution in [0.15, 0.2) is 65.4 Å². The summed E-state index contributed by atoms with van der Waals surface area (Å²) in [5, 5.41) is 10.2. The minimum atomic E-state index is -4.82. The van der Waals surface area contributed by atoms with Crippen molar-refractivity contribution in [3.8, 4) is 17.2 Å². The number of halogens is 3. The largest absolute Gasteiger partial charge is 0.573 e. The molecule has 36 heavy (non-hydrogen) atoms. The summed E-state index contributed by atoms with van der Waals surface area (Å²) in [7, 11) is -4.03. The van der Waals surface area contributed by atoms with E-state index in [4.69, 9.17) is 14.2 Å². The summed E-state index contributed by atoms with van der Waals surface area (Å²) >= 11 is 0. The summed E-state index contributed by atoms with van der Waals surface area (Å²) in [6, 6.07) is 8.54. The number of hydrogen-bond acceptors (Lipinski definition) is 8. The second-order valence-corrected chi connectivity index (χ2v) is 9.77. The third kappa shape index (κ3) is 6.61. The predicted molar refractivity (Wildman–Crippen MR) is 119 cm³/mol. The van der Waals surface area contributed by atoms with Gasteiger partial charge in [0.1, 0.15) is 29.6 Å². The Kier molecular flexibility index (Phi) is 8.04. The first-order valence-corrected chi connectivity index (χ1v) is 12.4. The molecular formula is C23H24F3NO8S. The van der Waals surface area contributed by atoms with E-state index >= 15 is 0 Å². The van der Waals surface area contributed by atoms with Crippen LogP contribution in [0.4, 0.5) is 13.2 Å².